The molecule has 2 heterocycles. The maximum Gasteiger partial charge on any atom is 0.256 e. The van der Waals surface area contributed by atoms with E-state index in [4.69, 9.17) is 4.74 Å². The van der Waals surface area contributed by atoms with Crippen molar-refractivity contribution in [1.29, 1.82) is 0 Å². The van der Waals surface area contributed by atoms with Crippen LogP contribution in [0.2, 0.25) is 0 Å². The van der Waals surface area contributed by atoms with Gasteiger partial charge in [0.15, 0.2) is 0 Å². The van der Waals surface area contributed by atoms with E-state index in [1.807, 2.05) is 25.1 Å². The number of carbonyl (C=O) groups is 1. The Labute approximate surface area is 153 Å². The summed E-state index contributed by atoms with van der Waals surface area (Å²) in [6.45, 7) is 3.27. The smallest absolute Gasteiger partial charge is 0.256 e. The van der Waals surface area contributed by atoms with Crippen LogP contribution in [0.1, 0.15) is 17.3 Å². The van der Waals surface area contributed by atoms with Crippen molar-refractivity contribution in [2.24, 2.45) is 0 Å². The van der Waals surface area contributed by atoms with Crippen molar-refractivity contribution in [2.45, 2.75) is 18.6 Å². The first-order valence-corrected chi connectivity index (χ1v) is 8.85. The summed E-state index contributed by atoms with van der Waals surface area (Å²) in [7, 11) is 0. The van der Waals surface area contributed by atoms with Crippen molar-refractivity contribution in [3.63, 3.8) is 0 Å². The summed E-state index contributed by atoms with van der Waals surface area (Å²) >= 11 is 2.06. The van der Waals surface area contributed by atoms with E-state index in [0.717, 1.165) is 3.57 Å². The second-order valence-electron chi connectivity index (χ2n) is 6.28. The van der Waals surface area contributed by atoms with Gasteiger partial charge in [0.25, 0.3) is 5.91 Å². The van der Waals surface area contributed by atoms with E-state index >= 15 is 0 Å². The van der Waals surface area contributed by atoms with Crippen LogP contribution in [-0.2, 0) is 4.74 Å². The van der Waals surface area contributed by atoms with E-state index in [9.17, 15) is 9.18 Å². The summed E-state index contributed by atoms with van der Waals surface area (Å²) in [4.78, 5) is 14.5. The van der Waals surface area contributed by atoms with Crippen LogP contribution in [0, 0.1) is 9.39 Å². The van der Waals surface area contributed by atoms with Crippen LogP contribution < -0.4 is 5.32 Å². The maximum atomic E-state index is 14.1. The number of ether oxygens (including phenoxy) is 1. The number of rotatable bonds is 3. The van der Waals surface area contributed by atoms with Gasteiger partial charge in [0, 0.05) is 3.57 Å². The lowest BCUT2D eigenvalue weighted by atomic mass is 9.95. The molecule has 124 valence electrons. The third kappa shape index (κ3) is 2.67. The number of nitrogens with one attached hydrogen (secondary N) is 1. The van der Waals surface area contributed by atoms with Gasteiger partial charge in [-0.2, -0.15) is 0 Å². The fourth-order valence-electron chi connectivity index (χ4n) is 3.08. The van der Waals surface area contributed by atoms with Crippen LogP contribution in [0.25, 0.3) is 0 Å². The standard InChI is InChI=1S/C18H16FIN2O2/c1-11-18(24-11)9-22(10-18)17(23)13-4-2-3-5-15(13)21-16-7-6-12(20)8-14(16)19/h2-8,11,21H,9-10H2,1H3. The lowest BCUT2D eigenvalue weighted by Gasteiger charge is -2.38. The molecule has 1 spiro atoms. The third-order valence-corrected chi connectivity index (χ3v) is 5.33. The number of likely N-dealkylation sites (tertiary alicyclic amines) is 1. The van der Waals surface area contributed by atoms with E-state index in [2.05, 4.69) is 27.9 Å². The normalized spacial score (nSPS) is 20.6. The average Bonchev–Trinajstić information content (AvgIpc) is 3.20. The molecule has 0 aliphatic carbocycles. The zero-order valence-electron chi connectivity index (χ0n) is 13.1. The molecular formula is C18H16FIN2O2. The van der Waals surface area contributed by atoms with Gasteiger partial charge in [-0.15, -0.1) is 0 Å². The topological polar surface area (TPSA) is 44.9 Å². The van der Waals surface area contributed by atoms with Crippen molar-refractivity contribution in [3.8, 4) is 0 Å². The molecule has 1 amide bonds. The number of carbonyl (C=O) groups excluding carboxylic acids is 1. The Hall–Kier alpha value is -1.67. The van der Waals surface area contributed by atoms with Gasteiger partial charge in [0.2, 0.25) is 0 Å². The molecule has 6 heteroatoms. The van der Waals surface area contributed by atoms with Crippen LogP contribution in [0.4, 0.5) is 15.8 Å². The molecule has 2 fully saturated rings. The van der Waals surface area contributed by atoms with Gasteiger partial charge in [-0.25, -0.2) is 4.39 Å². The second kappa shape index (κ2) is 5.70. The summed E-state index contributed by atoms with van der Waals surface area (Å²) in [5, 5.41) is 3.04. The van der Waals surface area contributed by atoms with E-state index in [-0.39, 0.29) is 23.4 Å². The lowest BCUT2D eigenvalue weighted by Crippen LogP contribution is -2.57. The molecule has 0 bridgehead atoms. The van der Waals surface area contributed by atoms with Crippen molar-refractivity contribution < 1.29 is 13.9 Å². The van der Waals surface area contributed by atoms with Gasteiger partial charge in [0.05, 0.1) is 36.1 Å². The quantitative estimate of drug-likeness (QED) is 0.586. The van der Waals surface area contributed by atoms with Gasteiger partial charge in [-0.05, 0) is 59.8 Å². The second-order valence-corrected chi connectivity index (χ2v) is 7.53. The monoisotopic (exact) mass is 438 g/mol. The first-order chi connectivity index (χ1) is 11.5. The minimum atomic E-state index is -0.340. The predicted octanol–water partition coefficient (Wildman–Crippen LogP) is 3.79. The Balaban J connectivity index is 1.55. The number of para-hydroxylation sites is 1. The third-order valence-electron chi connectivity index (χ3n) is 4.66. The molecule has 1 N–H and O–H groups in total. The number of hydrogen-bond acceptors (Lipinski definition) is 3. The molecule has 2 aliphatic heterocycles. The van der Waals surface area contributed by atoms with E-state index in [1.165, 1.54) is 6.07 Å². The zero-order valence-corrected chi connectivity index (χ0v) is 15.2. The Kier molecular flexibility index (Phi) is 3.76. The number of halogens is 2. The summed E-state index contributed by atoms with van der Waals surface area (Å²) < 4.78 is 20.5. The maximum absolute atomic E-state index is 14.1. The molecule has 4 rings (SSSR count). The van der Waals surface area contributed by atoms with Gasteiger partial charge < -0.3 is 15.0 Å². The molecule has 2 aliphatic rings. The molecule has 2 aromatic rings. The minimum Gasteiger partial charge on any atom is -0.362 e. The molecule has 1 unspecified atom stereocenters. The Morgan fingerprint density at radius 2 is 2.00 bits per heavy atom. The number of epoxide rings is 1. The molecule has 2 saturated heterocycles. The molecule has 0 saturated carbocycles. The number of anilines is 2. The van der Waals surface area contributed by atoms with Crippen LogP contribution in [0.15, 0.2) is 42.5 Å². The average molecular weight is 438 g/mol. The molecule has 4 nitrogen and oxygen atoms in total. The highest BCUT2D eigenvalue weighted by molar-refractivity contribution is 14.1. The van der Waals surface area contributed by atoms with Crippen molar-refractivity contribution >= 4 is 39.9 Å². The molecule has 0 aromatic heterocycles. The summed E-state index contributed by atoms with van der Waals surface area (Å²) in [5.74, 6) is -0.399. The first-order valence-electron chi connectivity index (χ1n) is 7.77. The van der Waals surface area contributed by atoms with Crippen molar-refractivity contribution in [3.05, 3.63) is 57.4 Å². The van der Waals surface area contributed by atoms with Crippen LogP contribution in [0.5, 0.6) is 0 Å². The first kappa shape index (κ1) is 15.8. The fraction of sp³-hybridized carbons (Fsp3) is 0.278. The van der Waals surface area contributed by atoms with Gasteiger partial charge in [-0.3, -0.25) is 4.79 Å². The minimum absolute atomic E-state index is 0.0580. The largest absolute Gasteiger partial charge is 0.362 e. The summed E-state index contributed by atoms with van der Waals surface area (Å²) in [6.07, 6.45) is 0.232. The Morgan fingerprint density at radius 3 is 2.67 bits per heavy atom. The van der Waals surface area contributed by atoms with Gasteiger partial charge in [-0.1, -0.05) is 12.1 Å². The molecule has 1 atom stereocenters. The SMILES string of the molecule is CC1OC12CN(C(=O)c1ccccc1Nc1ccc(I)cc1F)C2. The van der Waals surface area contributed by atoms with Gasteiger partial charge in [0.1, 0.15) is 11.4 Å². The highest BCUT2D eigenvalue weighted by Crippen LogP contribution is 2.44. The molecule has 0 radical (unpaired) electrons. The van der Waals surface area contributed by atoms with Crippen LogP contribution in [0.3, 0.4) is 0 Å². The number of benzene rings is 2. The van der Waals surface area contributed by atoms with E-state index < -0.39 is 0 Å². The van der Waals surface area contributed by atoms with Crippen LogP contribution in [-0.4, -0.2) is 35.6 Å². The van der Waals surface area contributed by atoms with Crippen molar-refractivity contribution in [2.75, 3.05) is 18.4 Å². The Bertz CT molecular complexity index is 820. The van der Waals surface area contributed by atoms with Crippen molar-refractivity contribution in [1.82, 2.24) is 4.90 Å². The van der Waals surface area contributed by atoms with E-state index in [1.54, 1.807) is 23.1 Å². The zero-order chi connectivity index (χ0) is 16.9. The van der Waals surface area contributed by atoms with Crippen LogP contribution >= 0.6 is 22.6 Å². The fourth-order valence-corrected chi connectivity index (χ4v) is 3.53. The van der Waals surface area contributed by atoms with E-state index in [0.29, 0.717) is 30.0 Å². The number of nitrogens with zero attached hydrogens (tertiary/aromatic N) is 1. The predicted molar refractivity (Wildman–Crippen MR) is 98.0 cm³/mol. The number of amides is 1. The highest BCUT2D eigenvalue weighted by atomic mass is 127. The summed E-state index contributed by atoms with van der Waals surface area (Å²) in [6, 6.07) is 12.1. The Morgan fingerprint density at radius 1 is 1.29 bits per heavy atom. The number of hydrogen-bond donors (Lipinski definition) is 1. The lowest BCUT2D eigenvalue weighted by molar-refractivity contribution is 0.0385. The molecule has 2 aromatic carbocycles. The molecule has 24 heavy (non-hydrogen) atoms. The summed E-state index contributed by atoms with van der Waals surface area (Å²) in [5.41, 5.74) is 1.39. The highest BCUT2D eigenvalue weighted by Gasteiger charge is 2.62. The van der Waals surface area contributed by atoms with Gasteiger partial charge >= 0.3 is 0 Å². The molecular weight excluding hydrogens is 422 g/mol.